The molecule has 9 aromatic carbocycles. The number of hydrogen-bond donors (Lipinski definition) is 1. The molecule has 11 rings (SSSR count). The second-order valence-electron chi connectivity index (χ2n) is 14.6. The monoisotopic (exact) mass is 744 g/mol. The molecule has 0 amide bonds. The lowest BCUT2D eigenvalue weighted by molar-refractivity contribution is 1.18. The van der Waals surface area contributed by atoms with E-state index < -0.39 is 0 Å². The molecule has 0 atom stereocenters. The summed E-state index contributed by atoms with van der Waals surface area (Å²) in [5.41, 5.74) is 15.2. The normalized spacial score (nSPS) is 11.5. The Bertz CT molecular complexity index is 3260. The summed E-state index contributed by atoms with van der Waals surface area (Å²) in [7, 11) is 0. The molecule has 0 aliphatic rings. The minimum atomic E-state index is 1.06. The molecule has 0 spiro atoms. The Morgan fingerprint density at radius 3 is 1.77 bits per heavy atom. The summed E-state index contributed by atoms with van der Waals surface area (Å²) in [6.45, 7) is 0. The standard InChI is InChI=1S/C54H36N2S/c1-3-14-36(15-4-1)38-18-11-20-42(32-38)55-50-30-28-40(34-48(50)47-25-13-24-46-45-23-8-10-27-53(45)57-54(46)47)41-29-31-52-49(35-41)44-22-7-9-26-51(44)56(52)43-21-12-19-39(33-43)37-16-5-2-6-17-37/h1-35,55H. The van der Waals surface area contributed by atoms with E-state index in [-0.39, 0.29) is 0 Å². The summed E-state index contributed by atoms with van der Waals surface area (Å²) < 4.78 is 5.01. The summed E-state index contributed by atoms with van der Waals surface area (Å²) in [6.07, 6.45) is 0. The zero-order chi connectivity index (χ0) is 37.7. The van der Waals surface area contributed by atoms with E-state index in [0.717, 1.165) is 17.1 Å². The zero-order valence-electron chi connectivity index (χ0n) is 31.1. The number of hydrogen-bond acceptors (Lipinski definition) is 2. The van der Waals surface area contributed by atoms with E-state index in [9.17, 15) is 0 Å². The number of anilines is 2. The predicted molar refractivity (Wildman–Crippen MR) is 245 cm³/mol. The van der Waals surface area contributed by atoms with E-state index >= 15 is 0 Å². The average Bonchev–Trinajstić information content (AvgIpc) is 3.83. The van der Waals surface area contributed by atoms with Crippen LogP contribution in [-0.4, -0.2) is 4.57 Å². The highest BCUT2D eigenvalue weighted by molar-refractivity contribution is 7.26. The van der Waals surface area contributed by atoms with Crippen molar-refractivity contribution in [3.8, 4) is 50.2 Å². The van der Waals surface area contributed by atoms with Crippen LogP contribution in [0.5, 0.6) is 0 Å². The molecule has 0 bridgehead atoms. The maximum Gasteiger partial charge on any atom is 0.0541 e. The molecule has 0 radical (unpaired) electrons. The van der Waals surface area contributed by atoms with Gasteiger partial charge in [-0.25, -0.2) is 0 Å². The molecule has 0 fully saturated rings. The first-order valence-corrected chi connectivity index (χ1v) is 20.2. The predicted octanol–water partition coefficient (Wildman–Crippen LogP) is 15.6. The first kappa shape index (κ1) is 33.2. The van der Waals surface area contributed by atoms with Gasteiger partial charge in [0.15, 0.2) is 0 Å². The molecule has 3 heteroatoms. The lowest BCUT2D eigenvalue weighted by Gasteiger charge is -2.16. The quantitative estimate of drug-likeness (QED) is 0.172. The van der Waals surface area contributed by atoms with Crippen molar-refractivity contribution in [3.05, 3.63) is 212 Å². The molecule has 57 heavy (non-hydrogen) atoms. The minimum absolute atomic E-state index is 1.06. The van der Waals surface area contributed by atoms with Gasteiger partial charge < -0.3 is 9.88 Å². The summed E-state index contributed by atoms with van der Waals surface area (Å²) in [5, 5.41) is 8.93. The SMILES string of the molecule is c1ccc(-c2cccc(Nc3ccc(-c4ccc5c(c4)c4ccccc4n5-c4cccc(-c5ccccc5)c4)cc3-c3cccc4c3sc3ccccc34)c2)cc1. The molecule has 0 aliphatic heterocycles. The van der Waals surface area contributed by atoms with Gasteiger partial charge in [0.05, 0.1) is 11.0 Å². The second-order valence-corrected chi connectivity index (χ2v) is 15.7. The molecule has 0 unspecified atom stereocenters. The highest BCUT2D eigenvalue weighted by Crippen LogP contribution is 2.44. The van der Waals surface area contributed by atoms with Gasteiger partial charge in [0.1, 0.15) is 0 Å². The van der Waals surface area contributed by atoms with E-state index in [4.69, 9.17) is 0 Å². The first-order valence-electron chi connectivity index (χ1n) is 19.4. The third-order valence-corrected chi connectivity index (χ3v) is 12.4. The van der Waals surface area contributed by atoms with Crippen LogP contribution in [0.4, 0.5) is 11.4 Å². The Labute approximate surface area is 335 Å². The van der Waals surface area contributed by atoms with Crippen LogP contribution in [0, 0.1) is 0 Å². The van der Waals surface area contributed by atoms with Crippen LogP contribution in [0.25, 0.3) is 92.2 Å². The van der Waals surface area contributed by atoms with Crippen molar-refractivity contribution >= 4 is 64.7 Å². The number of nitrogens with zero attached hydrogens (tertiary/aromatic N) is 1. The molecule has 0 saturated carbocycles. The van der Waals surface area contributed by atoms with Crippen LogP contribution in [0.15, 0.2) is 212 Å². The van der Waals surface area contributed by atoms with Gasteiger partial charge in [0, 0.05) is 59.1 Å². The number of para-hydroxylation sites is 1. The van der Waals surface area contributed by atoms with Crippen molar-refractivity contribution in [2.45, 2.75) is 0 Å². The number of fused-ring (bicyclic) bond motifs is 6. The molecule has 2 aromatic heterocycles. The Balaban J connectivity index is 1.07. The van der Waals surface area contributed by atoms with Crippen LogP contribution in [0.3, 0.4) is 0 Å². The number of benzene rings is 9. The third kappa shape index (κ3) is 5.88. The van der Waals surface area contributed by atoms with Crippen LogP contribution in [0.2, 0.25) is 0 Å². The van der Waals surface area contributed by atoms with Crippen LogP contribution >= 0.6 is 11.3 Å². The highest BCUT2D eigenvalue weighted by Gasteiger charge is 2.17. The third-order valence-electron chi connectivity index (χ3n) is 11.2. The molecule has 0 saturated heterocycles. The van der Waals surface area contributed by atoms with Crippen molar-refractivity contribution in [2.75, 3.05) is 5.32 Å². The Morgan fingerprint density at radius 1 is 0.351 bits per heavy atom. The van der Waals surface area contributed by atoms with Crippen LogP contribution < -0.4 is 5.32 Å². The Kier molecular flexibility index (Phi) is 8.04. The lowest BCUT2D eigenvalue weighted by atomic mass is 9.95. The fraction of sp³-hybridized carbons (Fsp3) is 0. The lowest BCUT2D eigenvalue weighted by Crippen LogP contribution is -1.95. The topological polar surface area (TPSA) is 17.0 Å². The van der Waals surface area contributed by atoms with Crippen LogP contribution in [-0.2, 0) is 0 Å². The van der Waals surface area contributed by atoms with E-state index in [1.165, 1.54) is 86.5 Å². The minimum Gasteiger partial charge on any atom is -0.355 e. The smallest absolute Gasteiger partial charge is 0.0541 e. The Morgan fingerprint density at radius 2 is 0.947 bits per heavy atom. The van der Waals surface area contributed by atoms with Crippen LogP contribution in [0.1, 0.15) is 0 Å². The number of aromatic nitrogens is 1. The second kappa shape index (κ2) is 13.8. The van der Waals surface area contributed by atoms with Crippen molar-refractivity contribution < 1.29 is 0 Å². The van der Waals surface area contributed by atoms with E-state index in [2.05, 4.69) is 222 Å². The average molecular weight is 745 g/mol. The van der Waals surface area contributed by atoms with Crippen molar-refractivity contribution in [1.82, 2.24) is 4.57 Å². The van der Waals surface area contributed by atoms with Crippen molar-refractivity contribution in [1.29, 1.82) is 0 Å². The van der Waals surface area contributed by atoms with Gasteiger partial charge in [-0.15, -0.1) is 11.3 Å². The molecule has 2 nitrogen and oxygen atoms in total. The van der Waals surface area contributed by atoms with Gasteiger partial charge in [0.25, 0.3) is 0 Å². The van der Waals surface area contributed by atoms with Gasteiger partial charge in [0.2, 0.25) is 0 Å². The maximum atomic E-state index is 3.85. The summed E-state index contributed by atoms with van der Waals surface area (Å²) >= 11 is 1.87. The largest absolute Gasteiger partial charge is 0.355 e. The van der Waals surface area contributed by atoms with Gasteiger partial charge in [-0.05, 0) is 94.0 Å². The fourth-order valence-corrected chi connectivity index (χ4v) is 9.69. The van der Waals surface area contributed by atoms with Gasteiger partial charge in [-0.3, -0.25) is 0 Å². The molecule has 1 N–H and O–H groups in total. The van der Waals surface area contributed by atoms with Crippen molar-refractivity contribution in [2.24, 2.45) is 0 Å². The number of nitrogens with one attached hydrogen (secondary N) is 1. The molecule has 0 aliphatic carbocycles. The maximum absolute atomic E-state index is 3.85. The summed E-state index contributed by atoms with van der Waals surface area (Å²) in [4.78, 5) is 0. The zero-order valence-corrected chi connectivity index (χ0v) is 31.9. The Hall–Kier alpha value is -7.20. The molecule has 2 heterocycles. The number of thiophene rings is 1. The summed E-state index contributed by atoms with van der Waals surface area (Å²) in [6, 6.07) is 76.9. The van der Waals surface area contributed by atoms with Gasteiger partial charge >= 0.3 is 0 Å². The molecular formula is C54H36N2S. The number of rotatable bonds is 7. The first-order chi connectivity index (χ1) is 28.2. The van der Waals surface area contributed by atoms with E-state index in [1.807, 2.05) is 11.3 Å². The van der Waals surface area contributed by atoms with Gasteiger partial charge in [-0.2, -0.15) is 0 Å². The fourth-order valence-electron chi connectivity index (χ4n) is 8.46. The van der Waals surface area contributed by atoms with E-state index in [0.29, 0.717) is 0 Å². The van der Waals surface area contributed by atoms with Gasteiger partial charge in [-0.1, -0.05) is 152 Å². The van der Waals surface area contributed by atoms with E-state index in [1.54, 1.807) is 0 Å². The highest BCUT2D eigenvalue weighted by atomic mass is 32.1. The summed E-state index contributed by atoms with van der Waals surface area (Å²) in [5.74, 6) is 0. The molecule has 268 valence electrons. The molecular weight excluding hydrogens is 709 g/mol. The molecule has 11 aromatic rings. The van der Waals surface area contributed by atoms with Crippen molar-refractivity contribution in [3.63, 3.8) is 0 Å².